The van der Waals surface area contributed by atoms with Crippen LogP contribution in [0.1, 0.15) is 73.1 Å². The third kappa shape index (κ3) is 9.21. The van der Waals surface area contributed by atoms with Crippen LogP contribution >= 0.6 is 0 Å². The summed E-state index contributed by atoms with van der Waals surface area (Å²) in [5.74, 6) is -1.58. The van der Waals surface area contributed by atoms with E-state index in [1.165, 1.54) is 6.07 Å². The van der Waals surface area contributed by atoms with Crippen LogP contribution in [-0.2, 0) is 19.6 Å². The zero-order chi connectivity index (χ0) is 19.6. The Kier molecular flexibility index (Phi) is 12.8. The molecule has 1 aromatic rings. The van der Waals surface area contributed by atoms with Crippen LogP contribution in [0.2, 0.25) is 0 Å². The average molecular weight is 409 g/mol. The number of esters is 2. The Labute approximate surface area is 182 Å². The molecule has 0 spiro atoms. The average Bonchev–Trinajstić information content (AvgIpc) is 2.60. The predicted octanol–water partition coefficient (Wildman–Crippen LogP) is 3.25. The summed E-state index contributed by atoms with van der Waals surface area (Å²) in [6.07, 6.45) is 5.07. The molecule has 0 aromatic heterocycles. The van der Waals surface area contributed by atoms with Gasteiger partial charge in [0, 0.05) is 29.6 Å². The van der Waals surface area contributed by atoms with Gasteiger partial charge >= 0.3 is 11.9 Å². The fourth-order valence-electron chi connectivity index (χ4n) is 2.23. The Morgan fingerprint density at radius 1 is 0.926 bits per heavy atom. The Bertz CT molecular complexity index is 716. The first-order chi connectivity index (χ1) is 12.3. The number of hydrogen-bond acceptors (Lipinski definition) is 6. The minimum atomic E-state index is -4.71. The molecule has 0 fully saturated rings. The third-order valence-electron chi connectivity index (χ3n) is 3.68. The van der Waals surface area contributed by atoms with E-state index < -0.39 is 27.0 Å². The van der Waals surface area contributed by atoms with Crippen molar-refractivity contribution in [2.45, 2.75) is 57.3 Å². The SMILES string of the molecule is CCCCCOC(=O)c1ccc(C(=O)OCCCCC)c(S(=O)(=O)O)c1.[Na]. The van der Waals surface area contributed by atoms with Gasteiger partial charge in [-0.3, -0.25) is 4.55 Å². The number of hydrogen-bond donors (Lipinski definition) is 1. The van der Waals surface area contributed by atoms with Gasteiger partial charge in [0.1, 0.15) is 4.90 Å². The Hall–Kier alpha value is -0.930. The van der Waals surface area contributed by atoms with E-state index in [4.69, 9.17) is 9.47 Å². The van der Waals surface area contributed by atoms with Crippen LogP contribution in [0.15, 0.2) is 23.1 Å². The predicted molar refractivity (Wildman–Crippen MR) is 102 cm³/mol. The van der Waals surface area contributed by atoms with Crippen molar-refractivity contribution in [2.75, 3.05) is 13.2 Å². The molecule has 0 aliphatic heterocycles. The molecular formula is C18H26NaO7S. The van der Waals surface area contributed by atoms with Crippen molar-refractivity contribution in [1.29, 1.82) is 0 Å². The van der Waals surface area contributed by atoms with Gasteiger partial charge in [-0.1, -0.05) is 39.5 Å². The molecule has 0 saturated heterocycles. The maximum Gasteiger partial charge on any atom is 0.339 e. The van der Waals surface area contributed by atoms with Crippen LogP contribution in [0, 0.1) is 0 Å². The van der Waals surface area contributed by atoms with E-state index in [0.717, 1.165) is 37.8 Å². The van der Waals surface area contributed by atoms with Gasteiger partial charge < -0.3 is 9.47 Å². The molecule has 27 heavy (non-hydrogen) atoms. The Morgan fingerprint density at radius 2 is 1.44 bits per heavy atom. The molecule has 0 unspecified atom stereocenters. The first-order valence-electron chi connectivity index (χ1n) is 8.77. The Morgan fingerprint density at radius 3 is 1.93 bits per heavy atom. The number of carbonyl (C=O) groups is 2. The van der Waals surface area contributed by atoms with Crippen molar-refractivity contribution in [2.24, 2.45) is 0 Å². The van der Waals surface area contributed by atoms with E-state index >= 15 is 0 Å². The maximum absolute atomic E-state index is 12.1. The summed E-state index contributed by atoms with van der Waals surface area (Å²) >= 11 is 0. The van der Waals surface area contributed by atoms with Gasteiger partial charge in [-0.15, -0.1) is 0 Å². The second-order valence-corrected chi connectivity index (χ2v) is 7.26. The van der Waals surface area contributed by atoms with Gasteiger partial charge in [-0.25, -0.2) is 9.59 Å². The fourth-order valence-corrected chi connectivity index (χ4v) is 2.93. The van der Waals surface area contributed by atoms with Crippen LogP contribution in [0.4, 0.5) is 0 Å². The van der Waals surface area contributed by atoms with E-state index in [0.29, 0.717) is 12.8 Å². The molecule has 147 valence electrons. The molecule has 1 radical (unpaired) electrons. The van der Waals surface area contributed by atoms with Gasteiger partial charge in [0.05, 0.1) is 24.3 Å². The molecule has 0 amide bonds. The molecule has 1 aromatic carbocycles. The van der Waals surface area contributed by atoms with E-state index in [1.807, 2.05) is 13.8 Å². The number of unbranched alkanes of at least 4 members (excludes halogenated alkanes) is 4. The molecule has 7 nitrogen and oxygen atoms in total. The first-order valence-corrected chi connectivity index (χ1v) is 10.2. The van der Waals surface area contributed by atoms with Gasteiger partial charge in [-0.2, -0.15) is 8.42 Å². The third-order valence-corrected chi connectivity index (χ3v) is 4.57. The monoisotopic (exact) mass is 409 g/mol. The quantitative estimate of drug-likeness (QED) is 0.259. The van der Waals surface area contributed by atoms with Gasteiger partial charge in [0.25, 0.3) is 10.1 Å². The largest absolute Gasteiger partial charge is 0.462 e. The van der Waals surface area contributed by atoms with Crippen molar-refractivity contribution in [3.05, 3.63) is 29.3 Å². The summed E-state index contributed by atoms with van der Waals surface area (Å²) < 4.78 is 42.7. The number of carbonyl (C=O) groups excluding carboxylic acids is 2. The van der Waals surface area contributed by atoms with Gasteiger partial charge in [0.15, 0.2) is 0 Å². The van der Waals surface area contributed by atoms with Crippen LogP contribution in [0.5, 0.6) is 0 Å². The molecule has 0 aliphatic carbocycles. The van der Waals surface area contributed by atoms with Gasteiger partial charge in [0.2, 0.25) is 0 Å². The van der Waals surface area contributed by atoms with Crippen LogP contribution in [0.3, 0.4) is 0 Å². The van der Waals surface area contributed by atoms with E-state index in [9.17, 15) is 22.6 Å². The smallest absolute Gasteiger partial charge is 0.339 e. The molecule has 0 bridgehead atoms. The minimum absolute atomic E-state index is 0. The summed E-state index contributed by atoms with van der Waals surface area (Å²) in [5, 5.41) is 0. The molecule has 0 saturated carbocycles. The molecule has 1 N–H and O–H groups in total. The Balaban J connectivity index is 0.00000676. The van der Waals surface area contributed by atoms with E-state index in [-0.39, 0.29) is 53.9 Å². The fraction of sp³-hybridized carbons (Fsp3) is 0.556. The normalized spacial score (nSPS) is 10.8. The molecular weight excluding hydrogens is 383 g/mol. The van der Waals surface area contributed by atoms with Crippen LogP contribution in [0.25, 0.3) is 0 Å². The topological polar surface area (TPSA) is 107 Å². The first kappa shape index (κ1) is 26.1. The minimum Gasteiger partial charge on any atom is -0.462 e. The van der Waals surface area contributed by atoms with Crippen LogP contribution in [-0.4, -0.2) is 67.7 Å². The molecule has 0 aliphatic rings. The molecule has 0 heterocycles. The standard InChI is InChI=1S/C18H26O7S.Na/c1-3-5-7-11-24-17(19)14-9-10-15(16(13-14)26(21,22)23)18(20)25-12-8-6-4-2;/h9-10,13H,3-8,11-12H2,1-2H3,(H,21,22,23);. The molecule has 1 rings (SSSR count). The summed E-state index contributed by atoms with van der Waals surface area (Å²) in [6, 6.07) is 3.35. The number of benzene rings is 1. The van der Waals surface area contributed by atoms with Gasteiger partial charge in [-0.05, 0) is 31.0 Å². The van der Waals surface area contributed by atoms with E-state index in [1.54, 1.807) is 0 Å². The van der Waals surface area contributed by atoms with Crippen molar-refractivity contribution in [1.82, 2.24) is 0 Å². The van der Waals surface area contributed by atoms with Crippen molar-refractivity contribution >= 4 is 51.6 Å². The van der Waals surface area contributed by atoms with Crippen molar-refractivity contribution in [3.8, 4) is 0 Å². The van der Waals surface area contributed by atoms with Crippen LogP contribution < -0.4 is 0 Å². The molecule has 9 heteroatoms. The summed E-state index contributed by atoms with van der Waals surface area (Å²) in [4.78, 5) is 23.4. The van der Waals surface area contributed by atoms with E-state index in [2.05, 4.69) is 0 Å². The second kappa shape index (κ2) is 13.3. The zero-order valence-corrected chi connectivity index (χ0v) is 19.0. The van der Waals surface area contributed by atoms with Crippen molar-refractivity contribution < 1.29 is 32.0 Å². The second-order valence-electron chi connectivity index (χ2n) is 5.87. The molecule has 0 atom stereocenters. The number of ether oxygens (including phenoxy) is 2. The maximum atomic E-state index is 12.1. The van der Waals surface area contributed by atoms with Crippen molar-refractivity contribution in [3.63, 3.8) is 0 Å². The summed E-state index contributed by atoms with van der Waals surface area (Å²) in [5.41, 5.74) is -0.372. The summed E-state index contributed by atoms with van der Waals surface area (Å²) in [7, 11) is -4.71. The summed E-state index contributed by atoms with van der Waals surface area (Å²) in [6.45, 7) is 4.38. The number of rotatable bonds is 11. The zero-order valence-electron chi connectivity index (χ0n) is 16.2.